The van der Waals surface area contributed by atoms with Crippen LogP contribution in [-0.2, 0) is 4.79 Å². The van der Waals surface area contributed by atoms with Gasteiger partial charge in [0.1, 0.15) is 11.4 Å². The summed E-state index contributed by atoms with van der Waals surface area (Å²) in [6.45, 7) is 3.97. The molecule has 3 rings (SSSR count). The Morgan fingerprint density at radius 1 is 1.00 bits per heavy atom. The van der Waals surface area contributed by atoms with Crippen LogP contribution in [-0.4, -0.2) is 18.9 Å². The molecule has 0 atom stereocenters. The summed E-state index contributed by atoms with van der Waals surface area (Å²) in [5.74, 6) is -0.138. The topological polar surface area (TPSA) is 80.6 Å². The van der Waals surface area contributed by atoms with Gasteiger partial charge in [-0.05, 0) is 73.0 Å². The van der Waals surface area contributed by atoms with Crippen molar-refractivity contribution in [2.75, 3.05) is 12.4 Å². The second kappa shape index (κ2) is 8.93. The minimum Gasteiger partial charge on any atom is -0.497 e. The normalized spacial score (nSPS) is 11.1. The van der Waals surface area contributed by atoms with Gasteiger partial charge >= 0.3 is 0 Å². The van der Waals surface area contributed by atoms with Gasteiger partial charge in [0, 0.05) is 5.69 Å². The van der Waals surface area contributed by atoms with E-state index >= 15 is 0 Å². The van der Waals surface area contributed by atoms with Crippen LogP contribution in [0.5, 0.6) is 5.75 Å². The molecule has 3 aromatic rings. The monoisotopic (exact) mass is 390 g/mol. The third-order valence-corrected chi connectivity index (χ3v) is 4.43. The molecule has 148 valence electrons. The van der Waals surface area contributed by atoms with Gasteiger partial charge in [0.25, 0.3) is 11.8 Å². The lowest BCUT2D eigenvalue weighted by Gasteiger charge is -2.12. The zero-order valence-electron chi connectivity index (χ0n) is 16.5. The summed E-state index contributed by atoms with van der Waals surface area (Å²) in [7, 11) is 1.58. The van der Waals surface area contributed by atoms with Gasteiger partial charge in [-0.15, -0.1) is 0 Å². The number of furan rings is 1. The summed E-state index contributed by atoms with van der Waals surface area (Å²) in [6, 6.07) is 15.9. The smallest absolute Gasteiger partial charge is 0.291 e. The molecule has 6 nitrogen and oxygen atoms in total. The van der Waals surface area contributed by atoms with E-state index in [0.717, 1.165) is 16.7 Å². The zero-order chi connectivity index (χ0) is 20.8. The van der Waals surface area contributed by atoms with Crippen molar-refractivity contribution in [3.05, 3.63) is 89.0 Å². The van der Waals surface area contributed by atoms with Gasteiger partial charge in [-0.3, -0.25) is 9.59 Å². The highest BCUT2D eigenvalue weighted by Crippen LogP contribution is 2.17. The number of anilines is 1. The maximum Gasteiger partial charge on any atom is 0.291 e. The Bertz CT molecular complexity index is 1040. The Balaban J connectivity index is 1.87. The third kappa shape index (κ3) is 5.13. The summed E-state index contributed by atoms with van der Waals surface area (Å²) in [4.78, 5) is 25.3. The first-order valence-electron chi connectivity index (χ1n) is 9.05. The molecule has 0 radical (unpaired) electrons. The fraction of sp³-hybridized carbons (Fsp3) is 0.130. The number of hydrogen-bond acceptors (Lipinski definition) is 4. The van der Waals surface area contributed by atoms with E-state index in [1.807, 2.05) is 32.0 Å². The van der Waals surface area contributed by atoms with Crippen molar-refractivity contribution in [1.29, 1.82) is 0 Å². The number of hydrogen-bond donors (Lipinski definition) is 2. The molecule has 0 bridgehead atoms. The van der Waals surface area contributed by atoms with Gasteiger partial charge in [-0.1, -0.05) is 18.2 Å². The van der Waals surface area contributed by atoms with E-state index in [-0.39, 0.29) is 11.5 Å². The van der Waals surface area contributed by atoms with Crippen LogP contribution < -0.4 is 15.4 Å². The van der Waals surface area contributed by atoms with Crippen molar-refractivity contribution in [3.8, 4) is 5.75 Å². The van der Waals surface area contributed by atoms with Crippen LogP contribution in [0.1, 0.15) is 27.2 Å². The third-order valence-electron chi connectivity index (χ3n) is 4.43. The van der Waals surface area contributed by atoms with Crippen molar-refractivity contribution in [1.82, 2.24) is 5.32 Å². The lowest BCUT2D eigenvalue weighted by Crippen LogP contribution is -2.30. The standard InChI is InChI=1S/C23H22N2O4/c1-15-6-9-18(13-16(15)2)24-22(26)20(25-23(27)21-5-4-12-29-21)14-17-7-10-19(28-3)11-8-17/h4-14H,1-3H3,(H,24,26)(H,25,27)/b20-14-. The van der Waals surface area contributed by atoms with E-state index in [2.05, 4.69) is 10.6 Å². The van der Waals surface area contributed by atoms with E-state index in [1.54, 1.807) is 43.5 Å². The molecule has 29 heavy (non-hydrogen) atoms. The molecule has 0 saturated heterocycles. The fourth-order valence-electron chi connectivity index (χ4n) is 2.63. The maximum atomic E-state index is 12.9. The lowest BCUT2D eigenvalue weighted by atomic mass is 10.1. The van der Waals surface area contributed by atoms with Crippen LogP contribution in [0.2, 0.25) is 0 Å². The maximum absolute atomic E-state index is 12.9. The number of carbonyl (C=O) groups is 2. The number of amides is 2. The van der Waals surface area contributed by atoms with Crippen LogP contribution >= 0.6 is 0 Å². The number of benzene rings is 2. The second-order valence-electron chi connectivity index (χ2n) is 6.52. The highest BCUT2D eigenvalue weighted by atomic mass is 16.5. The summed E-state index contributed by atoms with van der Waals surface area (Å²) in [5, 5.41) is 5.45. The van der Waals surface area contributed by atoms with Crippen molar-refractivity contribution >= 4 is 23.6 Å². The fourth-order valence-corrected chi connectivity index (χ4v) is 2.63. The first-order chi connectivity index (χ1) is 14.0. The second-order valence-corrected chi connectivity index (χ2v) is 6.52. The van der Waals surface area contributed by atoms with E-state index in [4.69, 9.17) is 9.15 Å². The average Bonchev–Trinajstić information content (AvgIpc) is 3.26. The summed E-state index contributed by atoms with van der Waals surface area (Å²) in [6.07, 6.45) is 2.99. The molecule has 0 aliphatic rings. The minimum absolute atomic E-state index is 0.0924. The average molecular weight is 390 g/mol. The molecule has 0 fully saturated rings. The molecule has 0 saturated carbocycles. The van der Waals surface area contributed by atoms with E-state index in [9.17, 15) is 9.59 Å². The quantitative estimate of drug-likeness (QED) is 0.615. The number of ether oxygens (including phenoxy) is 1. The molecule has 1 heterocycles. The number of aryl methyl sites for hydroxylation is 2. The molecular formula is C23H22N2O4. The van der Waals surface area contributed by atoms with Crippen molar-refractivity contribution in [3.63, 3.8) is 0 Å². The van der Waals surface area contributed by atoms with Crippen LogP contribution in [0.4, 0.5) is 5.69 Å². The van der Waals surface area contributed by atoms with Gasteiger partial charge in [-0.25, -0.2) is 0 Å². The summed E-state index contributed by atoms with van der Waals surface area (Å²) in [5.41, 5.74) is 3.66. The van der Waals surface area contributed by atoms with Crippen LogP contribution in [0, 0.1) is 13.8 Å². The molecule has 1 aromatic heterocycles. The molecule has 2 amide bonds. The largest absolute Gasteiger partial charge is 0.497 e. The summed E-state index contributed by atoms with van der Waals surface area (Å²) >= 11 is 0. The predicted octanol–water partition coefficient (Wildman–Crippen LogP) is 4.31. The van der Waals surface area contributed by atoms with Crippen LogP contribution in [0.25, 0.3) is 6.08 Å². The zero-order valence-corrected chi connectivity index (χ0v) is 16.5. The number of rotatable bonds is 6. The van der Waals surface area contributed by atoms with E-state index in [0.29, 0.717) is 11.4 Å². The molecule has 2 N–H and O–H groups in total. The summed E-state index contributed by atoms with van der Waals surface area (Å²) < 4.78 is 10.3. The van der Waals surface area contributed by atoms with Crippen LogP contribution in [0.3, 0.4) is 0 Å². The van der Waals surface area contributed by atoms with Gasteiger partial charge in [-0.2, -0.15) is 0 Å². The molecule has 0 spiro atoms. The van der Waals surface area contributed by atoms with Gasteiger partial charge in [0.05, 0.1) is 13.4 Å². The Morgan fingerprint density at radius 3 is 2.38 bits per heavy atom. The molecule has 2 aromatic carbocycles. The van der Waals surface area contributed by atoms with Gasteiger partial charge in [0.2, 0.25) is 0 Å². The van der Waals surface area contributed by atoms with Crippen molar-refractivity contribution in [2.24, 2.45) is 0 Å². The Morgan fingerprint density at radius 2 is 1.76 bits per heavy atom. The lowest BCUT2D eigenvalue weighted by molar-refractivity contribution is -0.113. The van der Waals surface area contributed by atoms with Gasteiger partial charge in [0.15, 0.2) is 5.76 Å². The van der Waals surface area contributed by atoms with Crippen molar-refractivity contribution < 1.29 is 18.7 Å². The molecule has 0 aliphatic heterocycles. The van der Waals surface area contributed by atoms with E-state index < -0.39 is 11.8 Å². The molecule has 0 unspecified atom stereocenters. The minimum atomic E-state index is -0.509. The Labute approximate surface area is 169 Å². The number of nitrogens with one attached hydrogen (secondary N) is 2. The predicted molar refractivity (Wildman–Crippen MR) is 112 cm³/mol. The Kier molecular flexibility index (Phi) is 6.14. The van der Waals surface area contributed by atoms with Crippen molar-refractivity contribution in [2.45, 2.75) is 13.8 Å². The number of carbonyl (C=O) groups excluding carboxylic acids is 2. The molecule has 6 heteroatoms. The molecule has 0 aliphatic carbocycles. The Hall–Kier alpha value is -3.80. The first-order valence-corrected chi connectivity index (χ1v) is 9.05. The van der Waals surface area contributed by atoms with Gasteiger partial charge < -0.3 is 19.8 Å². The first kappa shape index (κ1) is 19.9. The highest BCUT2D eigenvalue weighted by molar-refractivity contribution is 6.10. The SMILES string of the molecule is COc1ccc(/C=C(\NC(=O)c2ccco2)C(=O)Nc2ccc(C)c(C)c2)cc1. The molecular weight excluding hydrogens is 368 g/mol. The number of methoxy groups -OCH3 is 1. The highest BCUT2D eigenvalue weighted by Gasteiger charge is 2.17. The van der Waals surface area contributed by atoms with E-state index in [1.165, 1.54) is 12.3 Å². The van der Waals surface area contributed by atoms with Crippen LogP contribution in [0.15, 0.2) is 71.0 Å².